The summed E-state index contributed by atoms with van der Waals surface area (Å²) in [5.74, 6) is -2.07. The van der Waals surface area contributed by atoms with E-state index in [9.17, 15) is 23.9 Å². The number of hydrogen-bond donors (Lipinski definition) is 2. The second-order valence-electron chi connectivity index (χ2n) is 6.77. The highest BCUT2D eigenvalue weighted by Crippen LogP contribution is 2.37. The highest BCUT2D eigenvalue weighted by Gasteiger charge is 2.39. The summed E-state index contributed by atoms with van der Waals surface area (Å²) in [6.45, 7) is 0. The van der Waals surface area contributed by atoms with Crippen LogP contribution in [0.3, 0.4) is 0 Å². The van der Waals surface area contributed by atoms with E-state index in [0.717, 1.165) is 17.7 Å². The first-order valence-electron chi connectivity index (χ1n) is 8.71. The molecule has 0 radical (unpaired) electrons. The third-order valence-corrected chi connectivity index (χ3v) is 5.25. The van der Waals surface area contributed by atoms with Crippen LogP contribution in [0.15, 0.2) is 30.3 Å². The second-order valence-corrected chi connectivity index (χ2v) is 7.18. The minimum Gasteiger partial charge on any atom is -0.424 e. The number of amides is 1. The number of aryl methyl sites for hydroxylation is 1. The summed E-state index contributed by atoms with van der Waals surface area (Å²) in [5.41, 5.74) is 1.67. The third kappa shape index (κ3) is 3.16. The number of ether oxygens (including phenoxy) is 1. The Kier molecular flexibility index (Phi) is 4.64. The number of carbonyl (C=O) groups excluding carboxylic acids is 3. The lowest BCUT2D eigenvalue weighted by Crippen LogP contribution is -2.45. The maximum absolute atomic E-state index is 13.3. The van der Waals surface area contributed by atoms with Crippen molar-refractivity contribution in [1.82, 2.24) is 5.32 Å². The molecular weight excluding hydrogens is 389 g/mol. The van der Waals surface area contributed by atoms with Gasteiger partial charge < -0.3 is 15.2 Å². The van der Waals surface area contributed by atoms with Crippen molar-refractivity contribution < 1.29 is 28.6 Å². The molecule has 2 aliphatic rings. The van der Waals surface area contributed by atoms with Crippen LogP contribution in [0.4, 0.5) is 4.39 Å². The molecule has 6 nitrogen and oxygen atoms in total. The summed E-state index contributed by atoms with van der Waals surface area (Å²) in [5, 5.41) is 12.6. The molecule has 1 aliphatic carbocycles. The molecule has 0 saturated heterocycles. The molecule has 2 aromatic rings. The Morgan fingerprint density at radius 3 is 2.75 bits per heavy atom. The zero-order valence-electron chi connectivity index (χ0n) is 14.5. The summed E-state index contributed by atoms with van der Waals surface area (Å²) < 4.78 is 18.5. The molecule has 1 aliphatic heterocycles. The Morgan fingerprint density at radius 2 is 2.00 bits per heavy atom. The van der Waals surface area contributed by atoms with Crippen molar-refractivity contribution in [3.8, 4) is 5.75 Å². The summed E-state index contributed by atoms with van der Waals surface area (Å²) in [6.07, 6.45) is 0.162. The molecule has 8 heteroatoms. The molecule has 0 saturated carbocycles. The first-order chi connectivity index (χ1) is 13.3. The number of aliphatic hydroxyl groups excluding tert-OH is 1. The predicted octanol–water partition coefficient (Wildman–Crippen LogP) is 2.75. The minimum absolute atomic E-state index is 0.0363. The summed E-state index contributed by atoms with van der Waals surface area (Å²) in [6, 6.07) is 5.49. The summed E-state index contributed by atoms with van der Waals surface area (Å²) in [7, 11) is 0. The number of ketones is 1. The lowest BCUT2D eigenvalue weighted by molar-refractivity contribution is -0.147. The van der Waals surface area contributed by atoms with E-state index in [4.69, 9.17) is 16.3 Å². The van der Waals surface area contributed by atoms with Gasteiger partial charge in [0, 0.05) is 23.1 Å². The van der Waals surface area contributed by atoms with Gasteiger partial charge in [0.05, 0.1) is 11.1 Å². The Hall–Kier alpha value is -2.77. The predicted molar refractivity (Wildman–Crippen MR) is 97.0 cm³/mol. The molecule has 144 valence electrons. The summed E-state index contributed by atoms with van der Waals surface area (Å²) in [4.78, 5) is 36.9. The lowest BCUT2D eigenvalue weighted by Gasteiger charge is -2.31. The number of benzene rings is 2. The Labute approximate surface area is 164 Å². The number of rotatable bonds is 2. The topological polar surface area (TPSA) is 92.7 Å². The molecule has 0 fully saturated rings. The number of nitrogens with one attached hydrogen (secondary N) is 1. The van der Waals surface area contributed by atoms with Gasteiger partial charge >= 0.3 is 5.97 Å². The average molecular weight is 404 g/mol. The fourth-order valence-corrected chi connectivity index (χ4v) is 3.68. The number of esters is 1. The molecule has 28 heavy (non-hydrogen) atoms. The van der Waals surface area contributed by atoms with Crippen molar-refractivity contribution in [2.24, 2.45) is 0 Å². The Balaban J connectivity index is 1.71. The number of hydrogen-bond acceptors (Lipinski definition) is 5. The van der Waals surface area contributed by atoms with Crippen molar-refractivity contribution in [3.05, 3.63) is 63.4 Å². The van der Waals surface area contributed by atoms with Crippen LogP contribution in [0.5, 0.6) is 5.75 Å². The van der Waals surface area contributed by atoms with Crippen molar-refractivity contribution in [2.75, 3.05) is 0 Å². The van der Waals surface area contributed by atoms with Gasteiger partial charge in [-0.3, -0.25) is 9.59 Å². The van der Waals surface area contributed by atoms with Gasteiger partial charge in [0.2, 0.25) is 0 Å². The number of fused-ring (bicyclic) bond motifs is 2. The van der Waals surface area contributed by atoms with E-state index in [1.165, 1.54) is 6.07 Å². The summed E-state index contributed by atoms with van der Waals surface area (Å²) >= 11 is 5.71. The first kappa shape index (κ1) is 18.6. The molecule has 0 unspecified atom stereocenters. The molecule has 2 aromatic carbocycles. The molecule has 1 amide bonds. The van der Waals surface area contributed by atoms with E-state index in [0.29, 0.717) is 30.4 Å². The van der Waals surface area contributed by atoms with Crippen molar-refractivity contribution in [1.29, 1.82) is 0 Å². The van der Waals surface area contributed by atoms with Crippen LogP contribution in [0.2, 0.25) is 5.02 Å². The van der Waals surface area contributed by atoms with E-state index in [1.54, 1.807) is 12.1 Å². The van der Waals surface area contributed by atoms with Crippen molar-refractivity contribution in [3.63, 3.8) is 0 Å². The maximum Gasteiger partial charge on any atom is 0.342 e. The monoisotopic (exact) mass is 403 g/mol. The van der Waals surface area contributed by atoms with Gasteiger partial charge in [-0.2, -0.15) is 0 Å². The van der Waals surface area contributed by atoms with Gasteiger partial charge in [0.1, 0.15) is 11.6 Å². The SMILES string of the molecule is O=C(N[C@H]1c2cc3c(cc2OC(=O)[C@@H]1O)CCCC3=O)c1ccc(F)c(Cl)c1. The fraction of sp³-hybridized carbons (Fsp3) is 0.250. The minimum atomic E-state index is -1.65. The van der Waals surface area contributed by atoms with Crippen LogP contribution in [0.25, 0.3) is 0 Å². The maximum atomic E-state index is 13.3. The van der Waals surface area contributed by atoms with Crippen LogP contribution in [-0.2, 0) is 11.2 Å². The van der Waals surface area contributed by atoms with Gasteiger partial charge in [-0.25, -0.2) is 9.18 Å². The molecule has 4 rings (SSSR count). The average Bonchev–Trinajstić information content (AvgIpc) is 2.66. The molecular formula is C20H15ClFNO5. The first-order valence-corrected chi connectivity index (χ1v) is 9.08. The van der Waals surface area contributed by atoms with E-state index < -0.39 is 29.8 Å². The second kappa shape index (κ2) is 7.00. The molecule has 1 heterocycles. The van der Waals surface area contributed by atoms with E-state index in [2.05, 4.69) is 5.32 Å². The van der Waals surface area contributed by atoms with Gasteiger partial charge in [0.25, 0.3) is 5.91 Å². The van der Waals surface area contributed by atoms with E-state index in [1.807, 2.05) is 0 Å². The van der Waals surface area contributed by atoms with Crippen LogP contribution >= 0.6 is 11.6 Å². The van der Waals surface area contributed by atoms with Gasteiger partial charge in [-0.05, 0) is 48.7 Å². The standard InChI is InChI=1S/C20H15ClFNO5/c21-13-6-10(4-5-14(13)22)19(26)23-17-12-8-11-9(2-1-3-15(11)24)7-16(12)28-20(27)18(17)25/h4-8,17-18,25H,1-3H2,(H,23,26)/t17-,18+/m0/s1. The number of halogens is 2. The Bertz CT molecular complexity index is 1020. The lowest BCUT2D eigenvalue weighted by atomic mass is 9.86. The van der Waals surface area contributed by atoms with Crippen molar-refractivity contribution in [2.45, 2.75) is 31.4 Å². The van der Waals surface area contributed by atoms with E-state index in [-0.39, 0.29) is 22.1 Å². The normalized spacial score (nSPS) is 20.8. The number of Topliss-reactive ketones (excluding diaryl/α,β-unsaturated/α-hetero) is 1. The van der Waals surface area contributed by atoms with Crippen LogP contribution in [0, 0.1) is 5.82 Å². The number of aliphatic hydroxyl groups is 1. The van der Waals surface area contributed by atoms with Crippen LogP contribution in [-0.4, -0.2) is 28.9 Å². The smallest absolute Gasteiger partial charge is 0.342 e. The Morgan fingerprint density at radius 1 is 1.21 bits per heavy atom. The largest absolute Gasteiger partial charge is 0.424 e. The highest BCUT2D eigenvalue weighted by molar-refractivity contribution is 6.31. The van der Waals surface area contributed by atoms with Crippen LogP contribution < -0.4 is 10.1 Å². The molecule has 0 bridgehead atoms. The van der Waals surface area contributed by atoms with E-state index >= 15 is 0 Å². The van der Waals surface area contributed by atoms with Crippen LogP contribution in [0.1, 0.15) is 50.7 Å². The quantitative estimate of drug-likeness (QED) is 0.594. The van der Waals surface area contributed by atoms with Gasteiger partial charge in [-0.1, -0.05) is 11.6 Å². The zero-order valence-corrected chi connectivity index (χ0v) is 15.3. The molecule has 2 N–H and O–H groups in total. The molecule has 0 aromatic heterocycles. The zero-order chi connectivity index (χ0) is 20.0. The van der Waals surface area contributed by atoms with Gasteiger partial charge in [0.15, 0.2) is 11.9 Å². The highest BCUT2D eigenvalue weighted by atomic mass is 35.5. The molecule has 2 atom stereocenters. The van der Waals surface area contributed by atoms with Crippen molar-refractivity contribution >= 4 is 29.3 Å². The third-order valence-electron chi connectivity index (χ3n) is 4.96. The molecule has 0 spiro atoms. The fourth-order valence-electron chi connectivity index (χ4n) is 3.50. The number of carbonyl (C=O) groups is 3. The van der Waals surface area contributed by atoms with Gasteiger partial charge in [-0.15, -0.1) is 0 Å².